The summed E-state index contributed by atoms with van der Waals surface area (Å²) in [5, 5.41) is 2.79. The van der Waals surface area contributed by atoms with Crippen molar-refractivity contribution in [3.05, 3.63) is 35.7 Å². The molecule has 1 rings (SSSR count). The number of pyridine rings is 1. The van der Waals surface area contributed by atoms with Gasteiger partial charge in [0.2, 0.25) is 5.91 Å². The molecule has 0 atom stereocenters. The van der Waals surface area contributed by atoms with E-state index in [1.165, 1.54) is 5.57 Å². The fourth-order valence-electron chi connectivity index (χ4n) is 1.14. The topological polar surface area (TPSA) is 68.0 Å². The van der Waals surface area contributed by atoms with Crippen LogP contribution in [0.5, 0.6) is 0 Å². The average molecular weight is 219 g/mol. The van der Waals surface area contributed by atoms with E-state index in [9.17, 15) is 4.79 Å². The van der Waals surface area contributed by atoms with Crippen LogP contribution in [0.4, 0.5) is 5.69 Å². The van der Waals surface area contributed by atoms with E-state index < -0.39 is 0 Å². The van der Waals surface area contributed by atoms with Crippen LogP contribution in [0.25, 0.3) is 0 Å². The maximum atomic E-state index is 11.5. The number of nitrogens with two attached hydrogens (primary N) is 1. The molecule has 0 unspecified atom stereocenters. The fraction of sp³-hybridized carbons (Fsp3) is 0.333. The molecule has 0 radical (unpaired) electrons. The summed E-state index contributed by atoms with van der Waals surface area (Å²) in [5.41, 5.74) is 8.02. The number of carbonyl (C=O) groups excluding carboxylic acids is 1. The monoisotopic (exact) mass is 219 g/mol. The van der Waals surface area contributed by atoms with Gasteiger partial charge in [-0.2, -0.15) is 0 Å². The third kappa shape index (κ3) is 4.59. The van der Waals surface area contributed by atoms with Crippen LogP contribution in [0.1, 0.15) is 19.5 Å². The maximum absolute atomic E-state index is 11.5. The molecule has 0 saturated heterocycles. The van der Waals surface area contributed by atoms with E-state index >= 15 is 0 Å². The molecule has 0 aromatic carbocycles. The van der Waals surface area contributed by atoms with Crippen LogP contribution >= 0.6 is 0 Å². The first-order valence-electron chi connectivity index (χ1n) is 5.18. The second-order valence-electron chi connectivity index (χ2n) is 3.85. The first-order valence-corrected chi connectivity index (χ1v) is 5.18. The Hall–Kier alpha value is -1.84. The molecule has 1 heterocycles. The SMILES string of the molecule is CC(C)=CCNC(=O)Cc1ccc(N)cn1. The number of anilines is 1. The number of hydrogen-bond acceptors (Lipinski definition) is 3. The smallest absolute Gasteiger partial charge is 0.226 e. The van der Waals surface area contributed by atoms with Crippen molar-refractivity contribution in [1.82, 2.24) is 10.3 Å². The lowest BCUT2D eigenvalue weighted by atomic mass is 10.2. The zero-order valence-corrected chi connectivity index (χ0v) is 9.66. The van der Waals surface area contributed by atoms with Crippen molar-refractivity contribution in [1.29, 1.82) is 0 Å². The van der Waals surface area contributed by atoms with Gasteiger partial charge in [0.15, 0.2) is 0 Å². The largest absolute Gasteiger partial charge is 0.397 e. The van der Waals surface area contributed by atoms with Gasteiger partial charge in [-0.15, -0.1) is 0 Å². The molecule has 0 spiro atoms. The third-order valence-corrected chi connectivity index (χ3v) is 2.00. The number of hydrogen-bond donors (Lipinski definition) is 2. The van der Waals surface area contributed by atoms with Crippen molar-refractivity contribution in [3.63, 3.8) is 0 Å². The van der Waals surface area contributed by atoms with E-state index in [1.807, 2.05) is 19.9 Å². The molecule has 0 fully saturated rings. The van der Waals surface area contributed by atoms with Crippen molar-refractivity contribution in [2.45, 2.75) is 20.3 Å². The molecule has 0 bridgehead atoms. The van der Waals surface area contributed by atoms with E-state index in [1.54, 1.807) is 18.3 Å². The number of nitrogens with one attached hydrogen (secondary N) is 1. The van der Waals surface area contributed by atoms with Crippen LogP contribution in [0.3, 0.4) is 0 Å². The summed E-state index contributed by atoms with van der Waals surface area (Å²) in [6.45, 7) is 4.55. The number of nitrogen functional groups attached to an aromatic ring is 1. The van der Waals surface area contributed by atoms with E-state index in [4.69, 9.17) is 5.73 Å². The minimum Gasteiger partial charge on any atom is -0.397 e. The minimum atomic E-state index is -0.0326. The van der Waals surface area contributed by atoms with Crippen molar-refractivity contribution in [3.8, 4) is 0 Å². The van der Waals surface area contributed by atoms with Crippen LogP contribution < -0.4 is 11.1 Å². The highest BCUT2D eigenvalue weighted by Gasteiger charge is 2.02. The summed E-state index contributed by atoms with van der Waals surface area (Å²) < 4.78 is 0. The molecule has 0 aliphatic rings. The summed E-state index contributed by atoms with van der Waals surface area (Å²) in [6, 6.07) is 3.50. The second kappa shape index (κ2) is 5.90. The van der Waals surface area contributed by atoms with Crippen LogP contribution in [-0.4, -0.2) is 17.4 Å². The van der Waals surface area contributed by atoms with E-state index in [0.717, 1.165) is 5.69 Å². The van der Waals surface area contributed by atoms with Gasteiger partial charge >= 0.3 is 0 Å². The van der Waals surface area contributed by atoms with Gasteiger partial charge in [-0.3, -0.25) is 9.78 Å². The standard InChI is InChI=1S/C12H17N3O/c1-9(2)5-6-14-12(16)7-11-4-3-10(13)8-15-11/h3-5,8H,6-7,13H2,1-2H3,(H,14,16). The Kier molecular flexibility index (Phi) is 4.51. The summed E-state index contributed by atoms with van der Waals surface area (Å²) in [4.78, 5) is 15.5. The summed E-state index contributed by atoms with van der Waals surface area (Å²) in [5.74, 6) is -0.0326. The van der Waals surface area contributed by atoms with Gasteiger partial charge in [0, 0.05) is 12.2 Å². The van der Waals surface area contributed by atoms with Crippen molar-refractivity contribution in [2.24, 2.45) is 0 Å². The number of carbonyl (C=O) groups is 1. The zero-order chi connectivity index (χ0) is 12.0. The Bertz CT molecular complexity index is 378. The molecule has 0 saturated carbocycles. The number of nitrogens with zero attached hydrogens (tertiary/aromatic N) is 1. The lowest BCUT2D eigenvalue weighted by molar-refractivity contribution is -0.120. The predicted octanol–water partition coefficient (Wildman–Crippen LogP) is 1.29. The summed E-state index contributed by atoms with van der Waals surface area (Å²) >= 11 is 0. The molecule has 16 heavy (non-hydrogen) atoms. The quantitative estimate of drug-likeness (QED) is 0.750. The molecule has 4 nitrogen and oxygen atoms in total. The number of allylic oxidation sites excluding steroid dienone is 1. The molecule has 0 aliphatic carbocycles. The minimum absolute atomic E-state index is 0.0326. The van der Waals surface area contributed by atoms with Crippen molar-refractivity contribution >= 4 is 11.6 Å². The maximum Gasteiger partial charge on any atom is 0.226 e. The Morgan fingerprint density at radius 1 is 1.50 bits per heavy atom. The van der Waals surface area contributed by atoms with Gasteiger partial charge in [-0.1, -0.05) is 11.6 Å². The number of rotatable bonds is 4. The van der Waals surface area contributed by atoms with E-state index in [-0.39, 0.29) is 12.3 Å². The normalized spacial score (nSPS) is 9.62. The fourth-order valence-corrected chi connectivity index (χ4v) is 1.14. The molecule has 3 N–H and O–H groups in total. The van der Waals surface area contributed by atoms with Crippen LogP contribution in [0.2, 0.25) is 0 Å². The lowest BCUT2D eigenvalue weighted by Crippen LogP contribution is -2.25. The van der Waals surface area contributed by atoms with Crippen LogP contribution in [-0.2, 0) is 11.2 Å². The van der Waals surface area contributed by atoms with Crippen LogP contribution in [0.15, 0.2) is 30.0 Å². The Balaban J connectivity index is 2.40. The molecular weight excluding hydrogens is 202 g/mol. The van der Waals surface area contributed by atoms with Crippen molar-refractivity contribution < 1.29 is 4.79 Å². The second-order valence-corrected chi connectivity index (χ2v) is 3.85. The summed E-state index contributed by atoms with van der Waals surface area (Å²) in [7, 11) is 0. The van der Waals surface area contributed by atoms with Gasteiger partial charge in [0.25, 0.3) is 0 Å². The highest BCUT2D eigenvalue weighted by atomic mass is 16.1. The lowest BCUT2D eigenvalue weighted by Gasteiger charge is -2.02. The predicted molar refractivity (Wildman–Crippen MR) is 64.8 cm³/mol. The average Bonchev–Trinajstić information content (AvgIpc) is 2.21. The molecule has 1 aromatic rings. The molecule has 86 valence electrons. The third-order valence-electron chi connectivity index (χ3n) is 2.00. The molecule has 4 heteroatoms. The van der Waals surface area contributed by atoms with Gasteiger partial charge in [-0.05, 0) is 26.0 Å². The Labute approximate surface area is 95.6 Å². The van der Waals surface area contributed by atoms with Gasteiger partial charge < -0.3 is 11.1 Å². The number of amides is 1. The Morgan fingerprint density at radius 2 is 2.25 bits per heavy atom. The zero-order valence-electron chi connectivity index (χ0n) is 9.66. The molecular formula is C12H17N3O. The van der Waals surface area contributed by atoms with E-state index in [0.29, 0.717) is 12.2 Å². The molecule has 1 amide bonds. The van der Waals surface area contributed by atoms with Crippen molar-refractivity contribution in [2.75, 3.05) is 12.3 Å². The van der Waals surface area contributed by atoms with Gasteiger partial charge in [-0.25, -0.2) is 0 Å². The number of aromatic nitrogens is 1. The molecule has 0 aliphatic heterocycles. The first-order chi connectivity index (χ1) is 7.58. The first kappa shape index (κ1) is 12.2. The van der Waals surface area contributed by atoms with Gasteiger partial charge in [0.1, 0.15) is 0 Å². The van der Waals surface area contributed by atoms with Gasteiger partial charge in [0.05, 0.1) is 18.3 Å². The van der Waals surface area contributed by atoms with Crippen LogP contribution in [0, 0.1) is 0 Å². The van der Waals surface area contributed by atoms with E-state index in [2.05, 4.69) is 10.3 Å². The summed E-state index contributed by atoms with van der Waals surface area (Å²) in [6.07, 6.45) is 3.81. The molecule has 1 aromatic heterocycles. The highest BCUT2D eigenvalue weighted by molar-refractivity contribution is 5.78. The highest BCUT2D eigenvalue weighted by Crippen LogP contribution is 2.01. The Morgan fingerprint density at radius 3 is 2.81 bits per heavy atom.